The zero-order chi connectivity index (χ0) is 14.9. The molecule has 1 heterocycles. The Labute approximate surface area is 132 Å². The minimum Gasteiger partial charge on any atom is -0.310 e. The summed E-state index contributed by atoms with van der Waals surface area (Å²) < 4.78 is 0. The van der Waals surface area contributed by atoms with Crippen molar-refractivity contribution in [2.45, 2.75) is 37.6 Å². The van der Waals surface area contributed by atoms with Crippen molar-refractivity contribution in [3.63, 3.8) is 0 Å². The van der Waals surface area contributed by atoms with Gasteiger partial charge in [0, 0.05) is 29.1 Å². The maximum Gasteiger partial charge on any atom is 0.0292 e. The molecule has 1 aromatic carbocycles. The van der Waals surface area contributed by atoms with E-state index < -0.39 is 0 Å². The molecule has 21 heavy (non-hydrogen) atoms. The second-order valence-corrected chi connectivity index (χ2v) is 6.37. The van der Waals surface area contributed by atoms with Gasteiger partial charge in [-0.1, -0.05) is 19.1 Å². The summed E-state index contributed by atoms with van der Waals surface area (Å²) in [5.41, 5.74) is 2.73. The van der Waals surface area contributed by atoms with Gasteiger partial charge in [-0.05, 0) is 61.7 Å². The van der Waals surface area contributed by atoms with Crippen LogP contribution in [-0.2, 0) is 6.42 Å². The summed E-state index contributed by atoms with van der Waals surface area (Å²) in [6.07, 6.45) is 5.98. The van der Waals surface area contributed by atoms with E-state index in [1.54, 1.807) is 0 Å². The number of benzene rings is 1. The van der Waals surface area contributed by atoms with E-state index in [0.29, 0.717) is 6.04 Å². The normalized spacial score (nSPS) is 12.3. The Morgan fingerprint density at radius 1 is 1.19 bits per heavy atom. The summed E-state index contributed by atoms with van der Waals surface area (Å²) in [7, 11) is 0. The van der Waals surface area contributed by atoms with E-state index in [-0.39, 0.29) is 0 Å². The second-order valence-electron chi connectivity index (χ2n) is 5.20. The van der Waals surface area contributed by atoms with Gasteiger partial charge < -0.3 is 5.32 Å². The zero-order valence-corrected chi connectivity index (χ0v) is 13.7. The lowest BCUT2D eigenvalue weighted by atomic mass is 10.1. The molecule has 0 saturated carbocycles. The van der Waals surface area contributed by atoms with Gasteiger partial charge in [0.2, 0.25) is 0 Å². The maximum absolute atomic E-state index is 4.05. The Hall–Kier alpha value is -1.32. The highest BCUT2D eigenvalue weighted by atomic mass is 32.2. The van der Waals surface area contributed by atoms with Crippen LogP contribution in [0.25, 0.3) is 0 Å². The predicted octanol–water partition coefficient (Wildman–Crippen LogP) is 4.48. The molecule has 1 unspecified atom stereocenters. The first-order chi connectivity index (χ1) is 10.3. The van der Waals surface area contributed by atoms with Crippen molar-refractivity contribution in [2.24, 2.45) is 0 Å². The highest BCUT2D eigenvalue weighted by molar-refractivity contribution is 7.99. The van der Waals surface area contributed by atoms with Crippen molar-refractivity contribution in [3.8, 4) is 0 Å². The van der Waals surface area contributed by atoms with E-state index in [4.69, 9.17) is 0 Å². The van der Waals surface area contributed by atoms with E-state index in [9.17, 15) is 0 Å². The van der Waals surface area contributed by atoms with Gasteiger partial charge in [0.25, 0.3) is 0 Å². The lowest BCUT2D eigenvalue weighted by Gasteiger charge is -2.14. The molecule has 0 spiro atoms. The molecular weight excluding hydrogens is 276 g/mol. The smallest absolute Gasteiger partial charge is 0.0292 e. The molecule has 0 aliphatic heterocycles. The first kappa shape index (κ1) is 16.1. The summed E-state index contributed by atoms with van der Waals surface area (Å²) in [4.78, 5) is 5.41. The van der Waals surface area contributed by atoms with Crippen molar-refractivity contribution in [2.75, 3.05) is 12.3 Å². The molecule has 1 N–H and O–H groups in total. The quantitative estimate of drug-likeness (QED) is 0.728. The third kappa shape index (κ3) is 5.52. The number of nitrogens with zero attached hydrogens (tertiary/aromatic N) is 1. The van der Waals surface area contributed by atoms with E-state index >= 15 is 0 Å². The first-order valence-corrected chi connectivity index (χ1v) is 8.63. The molecule has 0 bridgehead atoms. The average molecular weight is 300 g/mol. The Bertz CT molecular complexity index is 528. The van der Waals surface area contributed by atoms with Crippen molar-refractivity contribution in [1.29, 1.82) is 0 Å². The van der Waals surface area contributed by atoms with Gasteiger partial charge in [-0.3, -0.25) is 4.98 Å². The Kier molecular flexibility index (Phi) is 6.77. The van der Waals surface area contributed by atoms with Gasteiger partial charge in [-0.15, -0.1) is 11.8 Å². The van der Waals surface area contributed by atoms with Crippen LogP contribution in [0.2, 0.25) is 0 Å². The topological polar surface area (TPSA) is 24.9 Å². The number of aromatic nitrogens is 1. The van der Waals surface area contributed by atoms with Crippen LogP contribution < -0.4 is 5.32 Å². The SMILES string of the molecule is CCCNC(C)c1cccc(SCCc2ccncc2)c1. The minimum atomic E-state index is 0.422. The lowest BCUT2D eigenvalue weighted by molar-refractivity contribution is 0.570. The molecule has 2 nitrogen and oxygen atoms in total. The van der Waals surface area contributed by atoms with Crippen LogP contribution >= 0.6 is 11.8 Å². The van der Waals surface area contributed by atoms with Crippen LogP contribution in [0.15, 0.2) is 53.7 Å². The van der Waals surface area contributed by atoms with E-state index in [0.717, 1.165) is 18.7 Å². The third-order valence-electron chi connectivity index (χ3n) is 3.47. The van der Waals surface area contributed by atoms with Crippen LogP contribution in [0.3, 0.4) is 0 Å². The van der Waals surface area contributed by atoms with Gasteiger partial charge in [-0.25, -0.2) is 0 Å². The number of hydrogen-bond donors (Lipinski definition) is 1. The number of thioether (sulfide) groups is 1. The van der Waals surface area contributed by atoms with Crippen molar-refractivity contribution < 1.29 is 0 Å². The second kappa shape index (κ2) is 8.85. The highest BCUT2D eigenvalue weighted by Gasteiger charge is 2.05. The van der Waals surface area contributed by atoms with Gasteiger partial charge in [-0.2, -0.15) is 0 Å². The molecule has 0 amide bonds. The van der Waals surface area contributed by atoms with Crippen LogP contribution in [0.5, 0.6) is 0 Å². The molecule has 112 valence electrons. The van der Waals surface area contributed by atoms with Gasteiger partial charge in [0.1, 0.15) is 0 Å². The Morgan fingerprint density at radius 3 is 2.76 bits per heavy atom. The van der Waals surface area contributed by atoms with E-state index in [1.807, 2.05) is 24.2 Å². The maximum atomic E-state index is 4.05. The summed E-state index contributed by atoms with van der Waals surface area (Å²) in [6.45, 7) is 5.50. The van der Waals surface area contributed by atoms with Gasteiger partial charge in [0.15, 0.2) is 0 Å². The van der Waals surface area contributed by atoms with Crippen LogP contribution in [0.4, 0.5) is 0 Å². The molecular formula is C18H24N2S. The molecule has 1 atom stereocenters. The summed E-state index contributed by atoms with van der Waals surface area (Å²) >= 11 is 1.92. The molecule has 2 rings (SSSR count). The molecule has 3 heteroatoms. The zero-order valence-electron chi connectivity index (χ0n) is 12.9. The highest BCUT2D eigenvalue weighted by Crippen LogP contribution is 2.23. The fourth-order valence-corrected chi connectivity index (χ4v) is 3.16. The van der Waals surface area contributed by atoms with Gasteiger partial charge >= 0.3 is 0 Å². The summed E-state index contributed by atoms with van der Waals surface area (Å²) in [5.74, 6) is 1.10. The van der Waals surface area contributed by atoms with E-state index in [2.05, 4.69) is 60.5 Å². The predicted molar refractivity (Wildman–Crippen MR) is 91.8 cm³/mol. The third-order valence-corrected chi connectivity index (χ3v) is 4.46. The standard InChI is InChI=1S/C18H24N2S/c1-3-10-20-15(2)17-5-4-6-18(14-17)21-13-9-16-7-11-19-12-8-16/h4-8,11-12,14-15,20H,3,9-10,13H2,1-2H3. The fourth-order valence-electron chi connectivity index (χ4n) is 2.19. The molecule has 1 aromatic heterocycles. The largest absolute Gasteiger partial charge is 0.310 e. The Morgan fingerprint density at radius 2 is 2.00 bits per heavy atom. The number of aryl methyl sites for hydroxylation is 1. The monoisotopic (exact) mass is 300 g/mol. The molecule has 0 radical (unpaired) electrons. The number of pyridine rings is 1. The molecule has 0 fully saturated rings. The average Bonchev–Trinajstić information content (AvgIpc) is 2.54. The van der Waals surface area contributed by atoms with Crippen LogP contribution in [-0.4, -0.2) is 17.3 Å². The molecule has 0 aliphatic rings. The Balaban J connectivity index is 1.86. The minimum absolute atomic E-state index is 0.422. The molecule has 0 aliphatic carbocycles. The molecule has 0 saturated heterocycles. The number of hydrogen-bond acceptors (Lipinski definition) is 3. The van der Waals surface area contributed by atoms with Crippen LogP contribution in [0.1, 0.15) is 37.4 Å². The van der Waals surface area contributed by atoms with Crippen LogP contribution in [0, 0.1) is 0 Å². The van der Waals surface area contributed by atoms with Gasteiger partial charge in [0.05, 0.1) is 0 Å². The first-order valence-electron chi connectivity index (χ1n) is 7.64. The summed E-state index contributed by atoms with van der Waals surface area (Å²) in [6, 6.07) is 13.5. The molecule has 2 aromatic rings. The lowest BCUT2D eigenvalue weighted by Crippen LogP contribution is -2.19. The fraction of sp³-hybridized carbons (Fsp3) is 0.389. The summed E-state index contributed by atoms with van der Waals surface area (Å²) in [5, 5.41) is 3.54. The van der Waals surface area contributed by atoms with Crippen molar-refractivity contribution in [3.05, 3.63) is 59.9 Å². The van der Waals surface area contributed by atoms with E-state index in [1.165, 1.54) is 22.4 Å². The van der Waals surface area contributed by atoms with Crippen molar-refractivity contribution >= 4 is 11.8 Å². The van der Waals surface area contributed by atoms with Crippen molar-refractivity contribution in [1.82, 2.24) is 10.3 Å². The number of nitrogens with one attached hydrogen (secondary N) is 1. The number of rotatable bonds is 8.